The number of hydrogen-bond acceptors (Lipinski definition) is 1. The van der Waals surface area contributed by atoms with Gasteiger partial charge in [-0.3, -0.25) is 0 Å². The van der Waals surface area contributed by atoms with Crippen LogP contribution in [0.3, 0.4) is 0 Å². The maximum atomic E-state index is 4.72. The molecule has 0 heterocycles. The molecule has 1 rings (SSSR count). The molecule has 0 spiro atoms. The Morgan fingerprint density at radius 2 is 1.60 bits per heavy atom. The molecular formula is C14H20S. The highest BCUT2D eigenvalue weighted by Gasteiger charge is 2.24. The van der Waals surface area contributed by atoms with E-state index in [0.29, 0.717) is 0 Å². The largest absolute Gasteiger partial charge is 0.163 e. The summed E-state index contributed by atoms with van der Waals surface area (Å²) in [6, 6.07) is 4.45. The number of aryl methyl sites for hydroxylation is 3. The monoisotopic (exact) mass is 220 g/mol. The zero-order chi connectivity index (χ0) is 11.8. The van der Waals surface area contributed by atoms with E-state index in [2.05, 4.69) is 46.4 Å². The molecule has 0 saturated carbocycles. The van der Waals surface area contributed by atoms with Gasteiger partial charge in [-0.2, -0.15) is 12.6 Å². The summed E-state index contributed by atoms with van der Waals surface area (Å²) in [5.74, 6) is 0. The van der Waals surface area contributed by atoms with E-state index in [0.717, 1.165) is 5.57 Å². The molecule has 1 heteroatoms. The van der Waals surface area contributed by atoms with Crippen LogP contribution < -0.4 is 0 Å². The summed E-state index contributed by atoms with van der Waals surface area (Å²) in [5, 5.41) is 0. The highest BCUT2D eigenvalue weighted by Crippen LogP contribution is 2.37. The molecule has 0 fully saturated rings. The molecule has 0 saturated heterocycles. The third-order valence-electron chi connectivity index (χ3n) is 3.20. The van der Waals surface area contributed by atoms with Crippen LogP contribution in [-0.2, 0) is 4.75 Å². The van der Waals surface area contributed by atoms with E-state index in [1.807, 2.05) is 6.92 Å². The topological polar surface area (TPSA) is 0 Å². The summed E-state index contributed by atoms with van der Waals surface area (Å²) in [6.45, 7) is 14.6. The first-order valence-electron chi connectivity index (χ1n) is 5.23. The fourth-order valence-corrected chi connectivity index (χ4v) is 1.96. The molecule has 0 aliphatic carbocycles. The van der Waals surface area contributed by atoms with Gasteiger partial charge in [0.1, 0.15) is 0 Å². The SMILES string of the molecule is C=C(C)C(C)(S)c1cc(C)c(C)cc1C. The second kappa shape index (κ2) is 4.05. The van der Waals surface area contributed by atoms with Crippen LogP contribution in [0.4, 0.5) is 0 Å². The predicted molar refractivity (Wildman–Crippen MR) is 71.8 cm³/mol. The summed E-state index contributed by atoms with van der Waals surface area (Å²) < 4.78 is -0.234. The number of thiol groups is 1. The van der Waals surface area contributed by atoms with Gasteiger partial charge in [-0.25, -0.2) is 0 Å². The van der Waals surface area contributed by atoms with E-state index < -0.39 is 0 Å². The van der Waals surface area contributed by atoms with Crippen LogP contribution in [0.25, 0.3) is 0 Å². The lowest BCUT2D eigenvalue weighted by atomic mass is 9.88. The van der Waals surface area contributed by atoms with Crippen molar-refractivity contribution < 1.29 is 0 Å². The smallest absolute Gasteiger partial charge is 0.0556 e. The van der Waals surface area contributed by atoms with Crippen molar-refractivity contribution in [2.24, 2.45) is 0 Å². The minimum absolute atomic E-state index is 0.234. The Morgan fingerprint density at radius 3 is 2.07 bits per heavy atom. The van der Waals surface area contributed by atoms with E-state index in [-0.39, 0.29) is 4.75 Å². The minimum Gasteiger partial charge on any atom is -0.163 e. The summed E-state index contributed by atoms with van der Waals surface area (Å²) in [7, 11) is 0. The van der Waals surface area contributed by atoms with Gasteiger partial charge in [-0.15, -0.1) is 0 Å². The van der Waals surface area contributed by atoms with Crippen LogP contribution in [0.5, 0.6) is 0 Å². The first-order valence-corrected chi connectivity index (χ1v) is 5.68. The average molecular weight is 220 g/mol. The molecule has 1 unspecified atom stereocenters. The zero-order valence-electron chi connectivity index (χ0n) is 10.3. The Hall–Kier alpha value is -0.690. The van der Waals surface area contributed by atoms with Crippen molar-refractivity contribution in [2.75, 3.05) is 0 Å². The van der Waals surface area contributed by atoms with E-state index in [4.69, 9.17) is 12.6 Å². The molecule has 82 valence electrons. The first kappa shape index (κ1) is 12.4. The lowest BCUT2D eigenvalue weighted by Crippen LogP contribution is -2.17. The molecule has 0 radical (unpaired) electrons. The second-order valence-corrected chi connectivity index (χ2v) is 5.50. The van der Waals surface area contributed by atoms with Crippen molar-refractivity contribution in [3.05, 3.63) is 46.5 Å². The van der Waals surface area contributed by atoms with Crippen molar-refractivity contribution in [3.63, 3.8) is 0 Å². The molecule has 1 aromatic rings. The normalized spacial score (nSPS) is 14.8. The number of rotatable bonds is 2. The standard InChI is InChI=1S/C14H20S/c1-9(2)14(6,15)13-8-11(4)10(3)7-12(13)5/h7-8,15H,1H2,2-6H3. The molecule has 0 bridgehead atoms. The number of hydrogen-bond donors (Lipinski definition) is 1. The van der Waals surface area contributed by atoms with Gasteiger partial charge in [0.25, 0.3) is 0 Å². The van der Waals surface area contributed by atoms with Crippen molar-refractivity contribution in [2.45, 2.75) is 39.4 Å². The summed E-state index contributed by atoms with van der Waals surface area (Å²) in [6.07, 6.45) is 0. The van der Waals surface area contributed by atoms with Crippen molar-refractivity contribution in [3.8, 4) is 0 Å². The third kappa shape index (κ3) is 2.28. The van der Waals surface area contributed by atoms with Crippen LogP contribution in [0.2, 0.25) is 0 Å². The van der Waals surface area contributed by atoms with E-state index in [9.17, 15) is 0 Å². The Morgan fingerprint density at radius 1 is 1.13 bits per heavy atom. The summed E-state index contributed by atoms with van der Waals surface area (Å²) >= 11 is 4.72. The molecule has 0 N–H and O–H groups in total. The Bertz CT molecular complexity index is 400. The fraction of sp³-hybridized carbons (Fsp3) is 0.429. The molecule has 0 aromatic heterocycles. The molecular weight excluding hydrogens is 200 g/mol. The summed E-state index contributed by atoms with van der Waals surface area (Å²) in [4.78, 5) is 0. The van der Waals surface area contributed by atoms with Gasteiger partial charge >= 0.3 is 0 Å². The van der Waals surface area contributed by atoms with Gasteiger partial charge in [0.2, 0.25) is 0 Å². The van der Waals surface area contributed by atoms with Crippen LogP contribution >= 0.6 is 12.6 Å². The Labute approximate surface area is 98.8 Å². The Kier molecular flexibility index (Phi) is 3.34. The van der Waals surface area contributed by atoms with E-state index in [1.54, 1.807) is 0 Å². The molecule has 0 aliphatic rings. The average Bonchev–Trinajstić information content (AvgIpc) is 2.10. The molecule has 1 aromatic carbocycles. The van der Waals surface area contributed by atoms with Gasteiger partial charge in [0, 0.05) is 0 Å². The summed E-state index contributed by atoms with van der Waals surface area (Å²) in [5.41, 5.74) is 6.29. The van der Waals surface area contributed by atoms with Gasteiger partial charge in [-0.1, -0.05) is 24.3 Å². The van der Waals surface area contributed by atoms with E-state index in [1.165, 1.54) is 22.3 Å². The highest BCUT2D eigenvalue weighted by atomic mass is 32.1. The van der Waals surface area contributed by atoms with Crippen molar-refractivity contribution in [1.29, 1.82) is 0 Å². The lowest BCUT2D eigenvalue weighted by molar-refractivity contribution is 0.815. The predicted octanol–water partition coefficient (Wildman–Crippen LogP) is 4.33. The van der Waals surface area contributed by atoms with Crippen LogP contribution in [0, 0.1) is 20.8 Å². The number of benzene rings is 1. The molecule has 1 atom stereocenters. The van der Waals surface area contributed by atoms with Crippen molar-refractivity contribution in [1.82, 2.24) is 0 Å². The van der Waals surface area contributed by atoms with E-state index >= 15 is 0 Å². The second-order valence-electron chi connectivity index (χ2n) is 4.60. The van der Waals surface area contributed by atoms with Crippen LogP contribution in [0.15, 0.2) is 24.3 Å². The van der Waals surface area contributed by atoms with Crippen molar-refractivity contribution >= 4 is 12.6 Å². The molecule has 0 aliphatic heterocycles. The molecule has 0 amide bonds. The third-order valence-corrected chi connectivity index (χ3v) is 3.82. The maximum absolute atomic E-state index is 4.72. The van der Waals surface area contributed by atoms with Crippen LogP contribution in [-0.4, -0.2) is 0 Å². The van der Waals surface area contributed by atoms with Gasteiger partial charge in [0.15, 0.2) is 0 Å². The van der Waals surface area contributed by atoms with Crippen LogP contribution in [0.1, 0.15) is 36.1 Å². The fourth-order valence-electron chi connectivity index (χ4n) is 1.71. The first-order chi connectivity index (χ1) is 6.76. The molecule has 0 nitrogen and oxygen atoms in total. The Balaban J connectivity index is 3.38. The maximum Gasteiger partial charge on any atom is 0.0556 e. The van der Waals surface area contributed by atoms with Gasteiger partial charge in [0.05, 0.1) is 4.75 Å². The zero-order valence-corrected chi connectivity index (χ0v) is 11.2. The highest BCUT2D eigenvalue weighted by molar-refractivity contribution is 7.81. The molecule has 15 heavy (non-hydrogen) atoms. The van der Waals surface area contributed by atoms with Gasteiger partial charge < -0.3 is 0 Å². The van der Waals surface area contributed by atoms with Gasteiger partial charge in [-0.05, 0) is 56.9 Å². The quantitative estimate of drug-likeness (QED) is 0.556. The lowest BCUT2D eigenvalue weighted by Gasteiger charge is -2.27. The minimum atomic E-state index is -0.234.